The molecule has 9 heteroatoms. The van der Waals surface area contributed by atoms with Crippen molar-refractivity contribution in [3.63, 3.8) is 0 Å². The number of anilines is 1. The lowest BCUT2D eigenvalue weighted by Gasteiger charge is -2.35. The van der Waals surface area contributed by atoms with E-state index in [2.05, 4.69) is 5.32 Å². The molecule has 3 aromatic carbocycles. The Hall–Kier alpha value is -3.17. The maximum absolute atomic E-state index is 14.0. The van der Waals surface area contributed by atoms with Crippen LogP contribution in [0.3, 0.4) is 0 Å². The lowest BCUT2D eigenvalue weighted by molar-refractivity contribution is -0.123. The summed E-state index contributed by atoms with van der Waals surface area (Å²) in [6.45, 7) is 1.59. The summed E-state index contributed by atoms with van der Waals surface area (Å²) < 4.78 is 46.3. The van der Waals surface area contributed by atoms with Crippen molar-refractivity contribution in [3.8, 4) is 5.75 Å². The fourth-order valence-corrected chi connectivity index (χ4v) is 5.47. The average molecular weight is 486 g/mol. The van der Waals surface area contributed by atoms with Crippen molar-refractivity contribution in [2.45, 2.75) is 6.42 Å². The van der Waals surface area contributed by atoms with Crippen LogP contribution in [0, 0.1) is 5.82 Å². The summed E-state index contributed by atoms with van der Waals surface area (Å²) >= 11 is 0. The molecule has 1 aliphatic rings. The van der Waals surface area contributed by atoms with Crippen molar-refractivity contribution in [3.05, 3.63) is 72.5 Å². The van der Waals surface area contributed by atoms with Crippen LogP contribution >= 0.6 is 0 Å². The number of para-hydroxylation sites is 1. The second-order valence-electron chi connectivity index (χ2n) is 8.15. The first-order chi connectivity index (χ1) is 16.4. The van der Waals surface area contributed by atoms with E-state index < -0.39 is 10.0 Å². The zero-order valence-electron chi connectivity index (χ0n) is 18.8. The molecule has 0 unspecified atom stereocenters. The summed E-state index contributed by atoms with van der Waals surface area (Å²) in [6.07, 6.45) is 0.303. The summed E-state index contributed by atoms with van der Waals surface area (Å²) in [7, 11) is -3.44. The number of halogens is 1. The van der Waals surface area contributed by atoms with Crippen LogP contribution in [0.25, 0.3) is 10.8 Å². The molecule has 1 aliphatic heterocycles. The van der Waals surface area contributed by atoms with Crippen LogP contribution in [-0.4, -0.2) is 63.7 Å². The standard InChI is InChI=1S/C25H28FN3O4S/c26-23-8-3-4-9-24(23)28-13-15-29(16-14-28)34(31,32)17-5-12-27-25(30)19-33-22-11-10-20-6-1-2-7-21(20)18-22/h1-4,6-11,18H,5,12-17,19H2,(H,27,30). The molecule has 0 bridgehead atoms. The van der Waals surface area contributed by atoms with Crippen LogP contribution in [0.5, 0.6) is 5.75 Å². The van der Waals surface area contributed by atoms with Gasteiger partial charge in [-0.15, -0.1) is 0 Å². The number of fused-ring (bicyclic) bond motifs is 1. The molecule has 0 spiro atoms. The predicted molar refractivity (Wildman–Crippen MR) is 131 cm³/mol. The Labute approximate surface area is 199 Å². The van der Waals surface area contributed by atoms with Crippen molar-refractivity contribution < 1.29 is 22.3 Å². The van der Waals surface area contributed by atoms with E-state index in [0.717, 1.165) is 10.8 Å². The van der Waals surface area contributed by atoms with Gasteiger partial charge in [0.05, 0.1) is 11.4 Å². The van der Waals surface area contributed by atoms with E-state index >= 15 is 0 Å². The van der Waals surface area contributed by atoms with Crippen LogP contribution in [0.1, 0.15) is 6.42 Å². The van der Waals surface area contributed by atoms with E-state index in [4.69, 9.17) is 4.74 Å². The summed E-state index contributed by atoms with van der Waals surface area (Å²) in [5.74, 6) is -0.0624. The molecule has 0 saturated carbocycles. The van der Waals surface area contributed by atoms with Gasteiger partial charge in [-0.05, 0) is 41.5 Å². The highest BCUT2D eigenvalue weighted by molar-refractivity contribution is 7.89. The maximum Gasteiger partial charge on any atom is 0.257 e. The number of rotatable bonds is 9. The Morgan fingerprint density at radius 1 is 0.941 bits per heavy atom. The van der Waals surface area contributed by atoms with Gasteiger partial charge in [0, 0.05) is 32.7 Å². The minimum absolute atomic E-state index is 0.0570. The molecule has 0 aromatic heterocycles. The van der Waals surface area contributed by atoms with E-state index in [9.17, 15) is 17.6 Å². The van der Waals surface area contributed by atoms with Gasteiger partial charge < -0.3 is 15.0 Å². The first-order valence-electron chi connectivity index (χ1n) is 11.3. The molecule has 1 saturated heterocycles. The molecule has 7 nitrogen and oxygen atoms in total. The van der Waals surface area contributed by atoms with Gasteiger partial charge in [0.15, 0.2) is 6.61 Å². The lowest BCUT2D eigenvalue weighted by atomic mass is 10.1. The van der Waals surface area contributed by atoms with Crippen molar-refractivity contribution >= 4 is 32.4 Å². The number of nitrogens with zero attached hydrogens (tertiary/aromatic N) is 2. The van der Waals surface area contributed by atoms with Crippen molar-refractivity contribution in [1.82, 2.24) is 9.62 Å². The van der Waals surface area contributed by atoms with E-state index in [1.165, 1.54) is 10.4 Å². The van der Waals surface area contributed by atoms with Gasteiger partial charge in [0.2, 0.25) is 10.0 Å². The third-order valence-electron chi connectivity index (χ3n) is 5.82. The number of amides is 1. The lowest BCUT2D eigenvalue weighted by Crippen LogP contribution is -2.49. The number of nitrogens with one attached hydrogen (secondary N) is 1. The summed E-state index contributed by atoms with van der Waals surface area (Å²) in [5.41, 5.74) is 0.494. The van der Waals surface area contributed by atoms with Crippen LogP contribution in [0.15, 0.2) is 66.7 Å². The number of carbonyl (C=O) groups excluding carboxylic acids is 1. The average Bonchev–Trinajstić information content (AvgIpc) is 2.86. The first kappa shape index (κ1) is 24.0. The molecule has 1 heterocycles. The number of hydrogen-bond donors (Lipinski definition) is 1. The molecule has 4 rings (SSSR count). The Bertz CT molecular complexity index is 1240. The van der Waals surface area contributed by atoms with Gasteiger partial charge in [-0.2, -0.15) is 4.31 Å². The van der Waals surface area contributed by atoms with Gasteiger partial charge in [-0.1, -0.05) is 42.5 Å². The molecule has 0 aliphatic carbocycles. The van der Waals surface area contributed by atoms with E-state index in [-0.39, 0.29) is 30.6 Å². The molecule has 0 radical (unpaired) electrons. The Morgan fingerprint density at radius 3 is 2.41 bits per heavy atom. The largest absolute Gasteiger partial charge is 0.484 e. The third-order valence-corrected chi connectivity index (χ3v) is 7.77. The number of piperazine rings is 1. The van der Waals surface area contributed by atoms with Gasteiger partial charge in [-0.25, -0.2) is 12.8 Å². The van der Waals surface area contributed by atoms with Gasteiger partial charge in [-0.3, -0.25) is 4.79 Å². The second-order valence-corrected chi connectivity index (χ2v) is 10.2. The molecule has 180 valence electrons. The zero-order chi connectivity index (χ0) is 24.0. The van der Waals surface area contributed by atoms with Gasteiger partial charge >= 0.3 is 0 Å². The van der Waals surface area contributed by atoms with Crippen molar-refractivity contribution in [2.75, 3.05) is 50.0 Å². The molecule has 34 heavy (non-hydrogen) atoms. The number of benzene rings is 3. The molecule has 1 amide bonds. The topological polar surface area (TPSA) is 78.9 Å². The summed E-state index contributed by atoms with van der Waals surface area (Å²) in [6, 6.07) is 20.0. The minimum Gasteiger partial charge on any atom is -0.484 e. The summed E-state index contributed by atoms with van der Waals surface area (Å²) in [5, 5.41) is 4.82. The Morgan fingerprint density at radius 2 is 1.65 bits per heavy atom. The van der Waals surface area contributed by atoms with E-state index in [1.54, 1.807) is 18.2 Å². The number of sulfonamides is 1. The monoisotopic (exact) mass is 485 g/mol. The normalized spacial score (nSPS) is 14.8. The number of carbonyl (C=O) groups is 1. The highest BCUT2D eigenvalue weighted by Crippen LogP contribution is 2.22. The highest BCUT2D eigenvalue weighted by Gasteiger charge is 2.27. The first-order valence-corrected chi connectivity index (χ1v) is 12.9. The zero-order valence-corrected chi connectivity index (χ0v) is 19.6. The molecule has 1 fully saturated rings. The Balaban J connectivity index is 1.16. The quantitative estimate of drug-likeness (QED) is 0.472. The van der Waals surface area contributed by atoms with Crippen molar-refractivity contribution in [1.29, 1.82) is 0 Å². The smallest absolute Gasteiger partial charge is 0.257 e. The molecule has 3 aromatic rings. The third kappa shape index (κ3) is 6.03. The van der Waals surface area contributed by atoms with Crippen LogP contribution in [-0.2, 0) is 14.8 Å². The minimum atomic E-state index is -3.44. The molecule has 1 N–H and O–H groups in total. The van der Waals surface area contributed by atoms with E-state index in [1.807, 2.05) is 47.4 Å². The van der Waals surface area contributed by atoms with E-state index in [0.29, 0.717) is 44.0 Å². The van der Waals surface area contributed by atoms with Crippen LogP contribution in [0.2, 0.25) is 0 Å². The van der Waals surface area contributed by atoms with Gasteiger partial charge in [0.1, 0.15) is 11.6 Å². The molecule has 0 atom stereocenters. The van der Waals surface area contributed by atoms with Crippen LogP contribution < -0.4 is 15.0 Å². The van der Waals surface area contributed by atoms with Gasteiger partial charge in [0.25, 0.3) is 5.91 Å². The van der Waals surface area contributed by atoms with Crippen molar-refractivity contribution in [2.24, 2.45) is 0 Å². The number of ether oxygens (including phenoxy) is 1. The fraction of sp³-hybridized carbons (Fsp3) is 0.320. The Kier molecular flexibility index (Phi) is 7.64. The predicted octanol–water partition coefficient (Wildman–Crippen LogP) is 3.02. The SMILES string of the molecule is O=C(COc1ccc2ccccc2c1)NCCCS(=O)(=O)N1CCN(c2ccccc2F)CC1. The fourth-order valence-electron chi connectivity index (χ4n) is 3.98. The number of hydrogen-bond acceptors (Lipinski definition) is 5. The summed E-state index contributed by atoms with van der Waals surface area (Å²) in [4.78, 5) is 13.9. The molecular weight excluding hydrogens is 457 g/mol. The molecular formula is C25H28FN3O4S. The van der Waals surface area contributed by atoms with Crippen LogP contribution in [0.4, 0.5) is 10.1 Å². The maximum atomic E-state index is 14.0. The highest BCUT2D eigenvalue weighted by atomic mass is 32.2. The second kappa shape index (κ2) is 10.8.